The number of aromatic nitrogens is 2. The van der Waals surface area contributed by atoms with Gasteiger partial charge in [-0.1, -0.05) is 57.2 Å². The molecule has 15 heteroatoms. The monoisotopic (exact) mass is 796 g/mol. The summed E-state index contributed by atoms with van der Waals surface area (Å²) in [7, 11) is 0. The summed E-state index contributed by atoms with van der Waals surface area (Å²) in [5, 5.41) is 37.0. The molecule has 14 nitrogen and oxygen atoms in total. The van der Waals surface area contributed by atoms with Crippen LogP contribution in [0.5, 0.6) is 5.75 Å². The van der Waals surface area contributed by atoms with Crippen molar-refractivity contribution in [3.63, 3.8) is 0 Å². The summed E-state index contributed by atoms with van der Waals surface area (Å²) in [6.45, 7) is 9.78. The molecule has 3 atom stereocenters. The molecule has 2 aromatic heterocycles. The summed E-state index contributed by atoms with van der Waals surface area (Å²) in [6, 6.07) is 16.9. The fourth-order valence-electron chi connectivity index (χ4n) is 7.32. The summed E-state index contributed by atoms with van der Waals surface area (Å²) in [5.41, 5.74) is 10.4. The van der Waals surface area contributed by atoms with Crippen LogP contribution in [0.25, 0.3) is 21.7 Å². The molecule has 6 rings (SSSR count). The van der Waals surface area contributed by atoms with Crippen molar-refractivity contribution in [3.05, 3.63) is 77.2 Å². The first-order valence-electron chi connectivity index (χ1n) is 19.3. The highest BCUT2D eigenvalue weighted by molar-refractivity contribution is 7.13. The van der Waals surface area contributed by atoms with Crippen LogP contribution in [0, 0.1) is 12.3 Å². The number of β-amino-alcohol motifs (C(OH)–C–C–N with tert-alkyl or cyclic N) is 1. The lowest BCUT2D eigenvalue weighted by Crippen LogP contribution is -2.57. The van der Waals surface area contributed by atoms with E-state index >= 15 is 0 Å². The molecule has 0 aliphatic carbocycles. The number of thiophene rings is 1. The highest BCUT2D eigenvalue weighted by Gasteiger charge is 2.44. The smallest absolute Gasteiger partial charge is 0.246 e. The van der Waals surface area contributed by atoms with E-state index in [0.717, 1.165) is 11.1 Å². The van der Waals surface area contributed by atoms with Gasteiger partial charge in [0, 0.05) is 69.0 Å². The van der Waals surface area contributed by atoms with Crippen molar-refractivity contribution in [2.45, 2.75) is 78.1 Å². The highest BCUT2D eigenvalue weighted by atomic mass is 32.1. The summed E-state index contributed by atoms with van der Waals surface area (Å²) >= 11 is 1.68. The summed E-state index contributed by atoms with van der Waals surface area (Å²) < 4.78 is 0. The Bertz CT molecular complexity index is 2070. The number of phenols is 1. The maximum absolute atomic E-state index is 14.0. The molecule has 0 radical (unpaired) electrons. The molecule has 302 valence electrons. The van der Waals surface area contributed by atoms with Gasteiger partial charge in [0.25, 0.3) is 0 Å². The maximum atomic E-state index is 14.0. The Hall–Kier alpha value is -5.54. The van der Waals surface area contributed by atoms with Gasteiger partial charge in [0.2, 0.25) is 23.6 Å². The fourth-order valence-corrected chi connectivity index (χ4v) is 8.26. The summed E-state index contributed by atoms with van der Waals surface area (Å²) in [4.78, 5) is 60.2. The number of anilines is 2. The van der Waals surface area contributed by atoms with E-state index < -0.39 is 29.5 Å². The minimum absolute atomic E-state index is 0.0158. The Morgan fingerprint density at radius 3 is 2.37 bits per heavy atom. The van der Waals surface area contributed by atoms with E-state index in [1.54, 1.807) is 46.6 Å². The Morgan fingerprint density at radius 2 is 1.70 bits per heavy atom. The number of hydrogen-bond acceptors (Lipinski definition) is 11. The third-order valence-corrected chi connectivity index (χ3v) is 11.6. The number of phenolic OH excluding ortho intramolecular Hbond substituents is 1. The number of nitrogens with one attached hydrogen (secondary N) is 2. The van der Waals surface area contributed by atoms with E-state index in [1.807, 2.05) is 49.9 Å². The molecular formula is C42H52N8O6S. The molecule has 0 bridgehead atoms. The van der Waals surface area contributed by atoms with Crippen LogP contribution in [0.15, 0.2) is 66.0 Å². The maximum Gasteiger partial charge on any atom is 0.246 e. The number of para-hydroxylation sites is 1. The quantitative estimate of drug-likeness (QED) is 0.139. The van der Waals surface area contributed by atoms with Gasteiger partial charge >= 0.3 is 0 Å². The van der Waals surface area contributed by atoms with Gasteiger partial charge in [0.15, 0.2) is 5.82 Å². The third kappa shape index (κ3) is 9.89. The van der Waals surface area contributed by atoms with Crippen molar-refractivity contribution in [3.8, 4) is 27.4 Å². The second kappa shape index (κ2) is 17.7. The normalized spacial score (nSPS) is 17.7. The molecule has 57 heavy (non-hydrogen) atoms. The first-order valence-corrected chi connectivity index (χ1v) is 20.2. The van der Waals surface area contributed by atoms with Gasteiger partial charge in [0.05, 0.1) is 17.5 Å². The van der Waals surface area contributed by atoms with E-state index in [0.29, 0.717) is 49.5 Å². The molecule has 2 aliphatic rings. The molecular weight excluding hydrogens is 745 g/mol. The number of benzene rings is 2. The van der Waals surface area contributed by atoms with Gasteiger partial charge in [-0.25, -0.2) is 0 Å². The molecule has 4 amide bonds. The number of hydrogen-bond donors (Lipinski definition) is 5. The lowest BCUT2D eigenvalue weighted by molar-refractivity contribution is -0.144. The van der Waals surface area contributed by atoms with E-state index in [4.69, 9.17) is 5.73 Å². The first kappa shape index (κ1) is 41.1. The number of nitrogens with zero attached hydrogens (tertiary/aromatic N) is 5. The SMILES string of the molecule is Cc1ccsc1-c1ccc(CNC(=O)[C@@H]2C[C@@H](O)CN2C(=O)[C@@H](NC(=O)CCCC(=O)N2CCN(c3cc(-c4ccccc4O)nnc3N)CC2)C(C)(C)C)cc1. The standard InChI is InChI=1S/C42H52N8O6S/c1-26-16-21-57-37(26)28-14-12-27(13-15-28)24-44-40(55)33-22-29(51)25-50(33)41(56)38(42(2,3)4)45-35(53)10-7-11-36(54)49-19-17-48(18-20-49)32-23-31(46-47-39(32)43)30-8-5-6-9-34(30)52/h5-6,8-9,12-16,21,23,29,33,38,51-52H,7,10-11,17-20,22,24-25H2,1-4H3,(H2,43,47)(H,44,55)(H,45,53)/t29-,33+,38-/m1/s1. The van der Waals surface area contributed by atoms with Crippen LogP contribution >= 0.6 is 11.3 Å². The molecule has 6 N–H and O–H groups in total. The van der Waals surface area contributed by atoms with Crippen LogP contribution < -0.4 is 21.3 Å². The van der Waals surface area contributed by atoms with Crippen LogP contribution in [0.4, 0.5) is 11.5 Å². The number of carbonyl (C=O) groups is 4. The number of aryl methyl sites for hydroxylation is 1. The van der Waals surface area contributed by atoms with Gasteiger partial charge in [-0.3, -0.25) is 19.2 Å². The second-order valence-electron chi connectivity index (χ2n) is 15.8. The van der Waals surface area contributed by atoms with Gasteiger partial charge in [-0.05, 0) is 65.1 Å². The number of aliphatic hydroxyl groups excluding tert-OH is 1. The van der Waals surface area contributed by atoms with Crippen molar-refractivity contribution in [2.75, 3.05) is 43.4 Å². The second-order valence-corrected chi connectivity index (χ2v) is 16.8. The number of aliphatic hydroxyl groups is 1. The number of nitrogen functional groups attached to an aromatic ring is 1. The number of amides is 4. The predicted octanol–water partition coefficient (Wildman–Crippen LogP) is 4.10. The van der Waals surface area contributed by atoms with Gasteiger partial charge < -0.3 is 41.3 Å². The average Bonchev–Trinajstić information content (AvgIpc) is 3.81. The first-order chi connectivity index (χ1) is 27.2. The molecule has 2 aromatic carbocycles. The number of aromatic hydroxyl groups is 1. The van der Waals surface area contributed by atoms with Crippen LogP contribution in [0.2, 0.25) is 0 Å². The van der Waals surface area contributed by atoms with Gasteiger partial charge in [0.1, 0.15) is 17.8 Å². The summed E-state index contributed by atoms with van der Waals surface area (Å²) in [5.74, 6) is -0.901. The van der Waals surface area contributed by atoms with Crippen LogP contribution in [-0.2, 0) is 25.7 Å². The zero-order valence-corrected chi connectivity index (χ0v) is 33.7. The zero-order valence-electron chi connectivity index (χ0n) is 32.9. The van der Waals surface area contributed by atoms with Crippen LogP contribution in [-0.4, -0.2) is 105 Å². The topological polar surface area (TPSA) is 194 Å². The number of carbonyl (C=O) groups excluding carboxylic acids is 4. The molecule has 2 saturated heterocycles. The van der Waals surface area contributed by atoms with E-state index in [-0.39, 0.29) is 61.6 Å². The Kier molecular flexibility index (Phi) is 12.8. The van der Waals surface area contributed by atoms with E-state index in [1.165, 1.54) is 15.3 Å². The van der Waals surface area contributed by atoms with Crippen molar-refractivity contribution < 1.29 is 29.4 Å². The molecule has 0 saturated carbocycles. The van der Waals surface area contributed by atoms with Crippen LogP contribution in [0.3, 0.4) is 0 Å². The lowest BCUT2D eigenvalue weighted by atomic mass is 9.85. The predicted molar refractivity (Wildman–Crippen MR) is 220 cm³/mol. The largest absolute Gasteiger partial charge is 0.507 e. The zero-order chi connectivity index (χ0) is 40.9. The van der Waals surface area contributed by atoms with Crippen molar-refractivity contribution in [1.82, 2.24) is 30.6 Å². The number of piperazine rings is 1. The number of rotatable bonds is 12. The third-order valence-electron chi connectivity index (χ3n) is 10.6. The molecule has 2 aliphatic heterocycles. The Labute approximate surface area is 337 Å². The average molecular weight is 797 g/mol. The van der Waals surface area contributed by atoms with Crippen molar-refractivity contribution >= 4 is 46.5 Å². The number of nitrogens with two attached hydrogens (primary N) is 1. The van der Waals surface area contributed by atoms with Crippen LogP contribution in [0.1, 0.15) is 57.6 Å². The van der Waals surface area contributed by atoms with Gasteiger partial charge in [-0.2, -0.15) is 0 Å². The molecule has 0 unspecified atom stereocenters. The lowest BCUT2D eigenvalue weighted by Gasteiger charge is -2.36. The number of likely N-dealkylation sites (tertiary alicyclic amines) is 1. The molecule has 4 aromatic rings. The highest BCUT2D eigenvalue weighted by Crippen LogP contribution is 2.32. The van der Waals surface area contributed by atoms with E-state index in [9.17, 15) is 29.4 Å². The molecule has 2 fully saturated rings. The van der Waals surface area contributed by atoms with E-state index in [2.05, 4.69) is 39.2 Å². The Morgan fingerprint density at radius 1 is 0.982 bits per heavy atom. The molecule has 0 spiro atoms. The summed E-state index contributed by atoms with van der Waals surface area (Å²) in [6.07, 6.45) is -0.280. The Balaban J connectivity index is 0.978. The molecule has 4 heterocycles. The van der Waals surface area contributed by atoms with Crippen molar-refractivity contribution in [2.24, 2.45) is 5.41 Å². The minimum atomic E-state index is -0.955. The van der Waals surface area contributed by atoms with Crippen molar-refractivity contribution in [1.29, 1.82) is 0 Å². The van der Waals surface area contributed by atoms with Gasteiger partial charge in [-0.15, -0.1) is 21.5 Å². The fraction of sp³-hybridized carbons (Fsp3) is 0.429. The minimum Gasteiger partial charge on any atom is -0.507 e.